The largest absolute Gasteiger partial charge is 0.472 e. The van der Waals surface area contributed by atoms with Gasteiger partial charge in [0.15, 0.2) is 5.82 Å². The van der Waals surface area contributed by atoms with E-state index in [-0.39, 0.29) is 30.2 Å². The third-order valence-electron chi connectivity index (χ3n) is 10.6. The second-order valence-electron chi connectivity index (χ2n) is 15.1. The number of phosphoric ester groups is 1. The summed E-state index contributed by atoms with van der Waals surface area (Å²) in [7, 11) is -4.77. The Morgan fingerprint density at radius 2 is 1.60 bits per heavy atom. The Balaban J connectivity index is 1.19. The molecule has 4 rings (SSSR count). The molecular formula is C41H63FN5O9P. The van der Waals surface area contributed by atoms with Crippen molar-refractivity contribution in [3.63, 3.8) is 0 Å². The lowest BCUT2D eigenvalue weighted by Gasteiger charge is -2.27. The van der Waals surface area contributed by atoms with Crippen molar-refractivity contribution >= 4 is 19.2 Å². The standard InChI is InChI=1S/C41H63FN5O9P/c1-3-4-5-6-7-8-9-10-11-12-13-14-15-16-17-18-24-52-26-32(53-28-33-31(25-43)20-19-21-34(33)42)27-54-57(50,51)55-29-36-38(48)39(49)41(2,56-36)37-23-22-35-40(44)45-30-46-47(35)37/h19-23,30,32,36,38-39,48-49H,3-18,24,26-29H2,1-2H3,(H,50,51)(H2,44,45,46)/t32-,36-,38-,39-,41+/m1/s1. The molecule has 16 heteroatoms. The summed E-state index contributed by atoms with van der Waals surface area (Å²) in [6.45, 7) is 2.84. The first-order chi connectivity index (χ1) is 27.5. The average molecular weight is 820 g/mol. The van der Waals surface area contributed by atoms with Crippen molar-refractivity contribution in [3.8, 4) is 6.07 Å². The smallest absolute Gasteiger partial charge is 0.387 e. The van der Waals surface area contributed by atoms with Crippen LogP contribution in [0.2, 0.25) is 0 Å². The van der Waals surface area contributed by atoms with Crippen molar-refractivity contribution in [2.45, 2.75) is 153 Å². The zero-order valence-electron chi connectivity index (χ0n) is 33.6. The Bertz CT molecular complexity index is 1730. The first-order valence-electron chi connectivity index (χ1n) is 20.6. The van der Waals surface area contributed by atoms with Crippen LogP contribution in [0.25, 0.3) is 5.52 Å². The predicted molar refractivity (Wildman–Crippen MR) is 213 cm³/mol. The molecule has 0 aliphatic carbocycles. The molecule has 0 amide bonds. The van der Waals surface area contributed by atoms with Gasteiger partial charge in [-0.1, -0.05) is 109 Å². The van der Waals surface area contributed by atoms with E-state index in [4.69, 9.17) is 29.0 Å². The molecular weight excluding hydrogens is 756 g/mol. The predicted octanol–water partition coefficient (Wildman–Crippen LogP) is 7.66. The molecule has 14 nitrogen and oxygen atoms in total. The highest BCUT2D eigenvalue weighted by Crippen LogP contribution is 2.46. The fourth-order valence-electron chi connectivity index (χ4n) is 7.16. The number of ether oxygens (including phenoxy) is 3. The van der Waals surface area contributed by atoms with Gasteiger partial charge in [0, 0.05) is 12.2 Å². The van der Waals surface area contributed by atoms with Crippen LogP contribution in [0, 0.1) is 17.1 Å². The number of aromatic nitrogens is 3. The van der Waals surface area contributed by atoms with Crippen LogP contribution >= 0.6 is 7.82 Å². The molecule has 1 unspecified atom stereocenters. The normalized spacial score (nSPS) is 21.2. The quantitative estimate of drug-likeness (QED) is 0.0393. The van der Waals surface area contributed by atoms with Crippen molar-refractivity contribution in [1.82, 2.24) is 14.6 Å². The van der Waals surface area contributed by atoms with Crippen LogP contribution in [0.1, 0.15) is 133 Å². The molecule has 57 heavy (non-hydrogen) atoms. The van der Waals surface area contributed by atoms with E-state index in [0.29, 0.717) is 17.8 Å². The molecule has 6 atom stereocenters. The average Bonchev–Trinajstić information content (AvgIpc) is 3.74. The molecule has 1 saturated heterocycles. The molecule has 5 N–H and O–H groups in total. The summed E-state index contributed by atoms with van der Waals surface area (Å²) >= 11 is 0. The van der Waals surface area contributed by atoms with E-state index in [1.807, 2.05) is 6.07 Å². The molecule has 1 aliphatic rings. The second kappa shape index (κ2) is 24.1. The maximum absolute atomic E-state index is 14.6. The van der Waals surface area contributed by atoms with Gasteiger partial charge in [0.2, 0.25) is 0 Å². The number of anilines is 1. The Morgan fingerprint density at radius 1 is 0.965 bits per heavy atom. The molecule has 1 aliphatic heterocycles. The van der Waals surface area contributed by atoms with Crippen molar-refractivity contribution < 1.29 is 47.3 Å². The highest BCUT2D eigenvalue weighted by atomic mass is 31.2. The van der Waals surface area contributed by atoms with E-state index in [2.05, 4.69) is 17.0 Å². The minimum Gasteiger partial charge on any atom is -0.387 e. The summed E-state index contributed by atoms with van der Waals surface area (Å²) in [6.07, 6.45) is 16.3. The van der Waals surface area contributed by atoms with E-state index >= 15 is 0 Å². The van der Waals surface area contributed by atoms with Crippen molar-refractivity contribution in [2.75, 3.05) is 32.2 Å². The minimum absolute atomic E-state index is 0.0244. The number of nitriles is 1. The lowest BCUT2D eigenvalue weighted by molar-refractivity contribution is -0.0901. The number of unbranched alkanes of at least 4 members (excludes halogenated alkanes) is 15. The lowest BCUT2D eigenvalue weighted by atomic mass is 9.93. The lowest BCUT2D eigenvalue weighted by Crippen LogP contribution is -2.39. The van der Waals surface area contributed by atoms with Crippen molar-refractivity contribution in [2.24, 2.45) is 0 Å². The van der Waals surface area contributed by atoms with Crippen LogP contribution in [0.4, 0.5) is 10.2 Å². The number of hydrogen-bond acceptors (Lipinski definition) is 12. The fourth-order valence-corrected chi connectivity index (χ4v) is 7.93. The molecule has 1 aromatic carbocycles. The number of hydrogen-bond donors (Lipinski definition) is 4. The third-order valence-corrected chi connectivity index (χ3v) is 11.6. The number of fused-ring (bicyclic) bond motifs is 1. The molecule has 0 spiro atoms. The molecule has 0 saturated carbocycles. The summed E-state index contributed by atoms with van der Waals surface area (Å²) in [5.41, 5.74) is 5.45. The van der Waals surface area contributed by atoms with Crippen LogP contribution in [-0.2, 0) is 40.0 Å². The number of nitrogens with zero attached hydrogens (tertiary/aromatic N) is 4. The topological polar surface area (TPSA) is 204 Å². The number of rotatable bonds is 29. The van der Waals surface area contributed by atoms with Gasteiger partial charge in [-0.15, -0.1) is 0 Å². The maximum atomic E-state index is 14.6. The van der Waals surface area contributed by atoms with Crippen LogP contribution in [0.3, 0.4) is 0 Å². The number of aliphatic hydroxyl groups is 2. The Morgan fingerprint density at radius 3 is 2.23 bits per heavy atom. The summed E-state index contributed by atoms with van der Waals surface area (Å²) in [4.78, 5) is 14.5. The molecule has 3 heterocycles. The number of halogens is 1. The highest BCUT2D eigenvalue weighted by molar-refractivity contribution is 7.47. The second-order valence-corrected chi connectivity index (χ2v) is 16.6. The maximum Gasteiger partial charge on any atom is 0.472 e. The van der Waals surface area contributed by atoms with Gasteiger partial charge >= 0.3 is 7.82 Å². The van der Waals surface area contributed by atoms with E-state index in [1.165, 1.54) is 113 Å². The van der Waals surface area contributed by atoms with Gasteiger partial charge in [0.25, 0.3) is 0 Å². The van der Waals surface area contributed by atoms with Crippen LogP contribution in [0.15, 0.2) is 36.7 Å². The Kier molecular flexibility index (Phi) is 19.8. The van der Waals surface area contributed by atoms with Gasteiger partial charge in [-0.05, 0) is 37.6 Å². The first kappa shape index (κ1) is 46.7. The summed E-state index contributed by atoms with van der Waals surface area (Å²) < 4.78 is 57.2. The van der Waals surface area contributed by atoms with E-state index in [1.54, 1.807) is 19.1 Å². The summed E-state index contributed by atoms with van der Waals surface area (Å²) in [5, 5.41) is 35.5. The van der Waals surface area contributed by atoms with E-state index in [9.17, 15) is 29.3 Å². The van der Waals surface area contributed by atoms with E-state index < -0.39 is 56.9 Å². The van der Waals surface area contributed by atoms with Gasteiger partial charge < -0.3 is 35.1 Å². The van der Waals surface area contributed by atoms with Gasteiger partial charge in [0.1, 0.15) is 47.7 Å². The number of phosphoric acid groups is 1. The van der Waals surface area contributed by atoms with Crippen LogP contribution in [0.5, 0.6) is 0 Å². The summed E-state index contributed by atoms with van der Waals surface area (Å²) in [5.74, 6) is -0.411. The monoisotopic (exact) mass is 819 g/mol. The Labute approximate surface area is 336 Å². The fraction of sp³-hybridized carbons (Fsp3) is 0.683. The van der Waals surface area contributed by atoms with Crippen molar-refractivity contribution in [1.29, 1.82) is 5.26 Å². The highest BCUT2D eigenvalue weighted by Gasteiger charge is 2.54. The summed E-state index contributed by atoms with van der Waals surface area (Å²) in [6, 6.07) is 9.34. The molecule has 1 fully saturated rings. The van der Waals surface area contributed by atoms with Gasteiger partial charge in [-0.25, -0.2) is 18.5 Å². The SMILES string of the molecule is CCCCCCCCCCCCCCCCCCOC[C@H](COP(=O)(O)OC[C@H]1O[C@@](C)(c2ccc3c(N)ncnn23)[C@H](O)[C@@H]1O)OCc1c(F)cccc1C#N. The van der Waals surface area contributed by atoms with Crippen LogP contribution < -0.4 is 5.73 Å². The van der Waals surface area contributed by atoms with Crippen LogP contribution in [-0.4, -0.2) is 80.5 Å². The molecule has 3 aromatic rings. The van der Waals surface area contributed by atoms with Gasteiger partial charge in [-0.3, -0.25) is 9.05 Å². The number of benzene rings is 1. The van der Waals surface area contributed by atoms with E-state index in [0.717, 1.165) is 19.3 Å². The number of aliphatic hydroxyl groups excluding tert-OH is 2. The van der Waals surface area contributed by atoms with Gasteiger partial charge in [-0.2, -0.15) is 10.4 Å². The molecule has 0 bridgehead atoms. The van der Waals surface area contributed by atoms with Gasteiger partial charge in [0.05, 0.1) is 43.8 Å². The number of nitrogens with two attached hydrogens (primary N) is 1. The number of nitrogen functional groups attached to an aromatic ring is 1. The zero-order chi connectivity index (χ0) is 41.1. The minimum atomic E-state index is -4.77. The molecule has 318 valence electrons. The molecule has 0 radical (unpaired) electrons. The third kappa shape index (κ3) is 14.3. The first-order valence-corrected chi connectivity index (χ1v) is 22.1. The zero-order valence-corrected chi connectivity index (χ0v) is 34.5. The molecule has 2 aromatic heterocycles. The Hall–Kier alpha value is -3.03. The van der Waals surface area contributed by atoms with Crippen molar-refractivity contribution in [3.05, 3.63) is 59.3 Å².